The molecule has 0 fully saturated rings. The summed E-state index contributed by atoms with van der Waals surface area (Å²) in [6, 6.07) is 12.9. The molecule has 0 saturated carbocycles. The van der Waals surface area contributed by atoms with E-state index in [0.717, 1.165) is 0 Å². The molecule has 0 amide bonds. The molecule has 2 aromatic carbocycles. The van der Waals surface area contributed by atoms with E-state index in [9.17, 15) is 10.1 Å². The fourth-order valence-electron chi connectivity index (χ4n) is 1.64. The largest absolute Gasteiger partial charge is 0.489 e. The van der Waals surface area contributed by atoms with Gasteiger partial charge >= 0.3 is 0 Å². The number of hydrogen-bond acceptors (Lipinski definition) is 4. The van der Waals surface area contributed by atoms with Gasteiger partial charge in [-0.2, -0.15) is 5.26 Å². The quantitative estimate of drug-likeness (QED) is 0.635. The highest BCUT2D eigenvalue weighted by atomic mass is 35.5. The predicted molar refractivity (Wildman–Crippen MR) is 73.6 cm³/mol. The first-order valence-electron chi connectivity index (χ1n) is 5.66. The number of hydrogen-bond donors (Lipinski definition) is 0. The number of ether oxygens (including phenoxy) is 1. The Kier molecular flexibility index (Phi) is 4.18. The Morgan fingerprint density at radius 2 is 1.95 bits per heavy atom. The molecular formula is C14H9ClN2O3. The smallest absolute Gasteiger partial charge is 0.277 e. The molecule has 0 spiro atoms. The van der Waals surface area contributed by atoms with Gasteiger partial charge in [0.15, 0.2) is 0 Å². The summed E-state index contributed by atoms with van der Waals surface area (Å²) in [5.74, 6) is 0.512. The lowest BCUT2D eigenvalue weighted by atomic mass is 10.2. The second-order valence-corrected chi connectivity index (χ2v) is 4.33. The standard InChI is InChI=1S/C14H9ClN2O3/c15-13-2-1-3-14(17(18)19)12(13)9-20-11-6-4-10(8-16)5-7-11/h1-7H,9H2. The van der Waals surface area contributed by atoms with Crippen LogP contribution in [0.2, 0.25) is 5.02 Å². The average molecular weight is 289 g/mol. The van der Waals surface area contributed by atoms with Crippen LogP contribution in [0, 0.1) is 21.4 Å². The number of nitriles is 1. The molecule has 0 aliphatic carbocycles. The molecule has 0 N–H and O–H groups in total. The summed E-state index contributed by atoms with van der Waals surface area (Å²) in [5.41, 5.74) is 0.760. The van der Waals surface area contributed by atoms with Gasteiger partial charge in [0.05, 0.1) is 27.1 Å². The van der Waals surface area contributed by atoms with Crippen molar-refractivity contribution >= 4 is 17.3 Å². The monoisotopic (exact) mass is 288 g/mol. The molecule has 100 valence electrons. The van der Waals surface area contributed by atoms with Gasteiger partial charge in [-0.1, -0.05) is 17.7 Å². The van der Waals surface area contributed by atoms with Gasteiger partial charge in [-0.3, -0.25) is 10.1 Å². The van der Waals surface area contributed by atoms with Gasteiger partial charge in [-0.25, -0.2) is 0 Å². The highest BCUT2D eigenvalue weighted by molar-refractivity contribution is 6.31. The molecule has 2 rings (SSSR count). The molecule has 5 nitrogen and oxygen atoms in total. The van der Waals surface area contributed by atoms with E-state index in [0.29, 0.717) is 16.9 Å². The van der Waals surface area contributed by atoms with Crippen LogP contribution in [0.15, 0.2) is 42.5 Å². The van der Waals surface area contributed by atoms with Crippen LogP contribution in [0.5, 0.6) is 5.75 Å². The maximum atomic E-state index is 10.9. The van der Waals surface area contributed by atoms with Crippen LogP contribution in [-0.2, 0) is 6.61 Å². The Morgan fingerprint density at radius 3 is 2.55 bits per heavy atom. The molecule has 0 radical (unpaired) electrons. The van der Waals surface area contributed by atoms with Gasteiger partial charge in [0.1, 0.15) is 12.4 Å². The Hall–Kier alpha value is -2.58. The lowest BCUT2D eigenvalue weighted by molar-refractivity contribution is -0.385. The number of nitro benzene ring substituents is 1. The van der Waals surface area contributed by atoms with Gasteiger partial charge < -0.3 is 4.74 Å². The third-order valence-electron chi connectivity index (χ3n) is 2.66. The summed E-state index contributed by atoms with van der Waals surface area (Å²) in [5, 5.41) is 19.9. The fraction of sp³-hybridized carbons (Fsp3) is 0.0714. The van der Waals surface area contributed by atoms with Crippen molar-refractivity contribution < 1.29 is 9.66 Å². The summed E-state index contributed by atoms with van der Waals surface area (Å²) < 4.78 is 5.46. The molecule has 0 aliphatic rings. The zero-order valence-electron chi connectivity index (χ0n) is 10.2. The van der Waals surface area contributed by atoms with Crippen LogP contribution in [-0.4, -0.2) is 4.92 Å². The van der Waals surface area contributed by atoms with Crippen LogP contribution in [0.4, 0.5) is 5.69 Å². The first kappa shape index (κ1) is 13.8. The summed E-state index contributed by atoms with van der Waals surface area (Å²) in [7, 11) is 0. The summed E-state index contributed by atoms with van der Waals surface area (Å²) in [6.07, 6.45) is 0. The van der Waals surface area contributed by atoms with Crippen molar-refractivity contribution in [1.82, 2.24) is 0 Å². The van der Waals surface area contributed by atoms with Crippen molar-refractivity contribution in [3.8, 4) is 11.8 Å². The Labute approximate surface area is 120 Å². The minimum absolute atomic E-state index is 0.0120. The van der Waals surface area contributed by atoms with Crippen molar-refractivity contribution in [3.05, 3.63) is 68.7 Å². The topological polar surface area (TPSA) is 76.2 Å². The van der Waals surface area contributed by atoms with E-state index >= 15 is 0 Å². The summed E-state index contributed by atoms with van der Waals surface area (Å²) in [6.45, 7) is -0.0120. The molecule has 2 aromatic rings. The third kappa shape index (κ3) is 3.05. The second-order valence-electron chi connectivity index (χ2n) is 3.92. The molecule has 0 aromatic heterocycles. The average Bonchev–Trinajstić information content (AvgIpc) is 2.46. The predicted octanol–water partition coefficient (Wildman–Crippen LogP) is 3.70. The zero-order valence-corrected chi connectivity index (χ0v) is 11.0. The van der Waals surface area contributed by atoms with Crippen molar-refractivity contribution in [2.45, 2.75) is 6.61 Å². The highest BCUT2D eigenvalue weighted by Crippen LogP contribution is 2.27. The Balaban J connectivity index is 2.18. The molecule has 6 heteroatoms. The Morgan fingerprint density at radius 1 is 1.25 bits per heavy atom. The molecule has 0 unspecified atom stereocenters. The van der Waals surface area contributed by atoms with Gasteiger partial charge in [-0.15, -0.1) is 0 Å². The third-order valence-corrected chi connectivity index (χ3v) is 3.01. The van der Waals surface area contributed by atoms with E-state index in [4.69, 9.17) is 21.6 Å². The summed E-state index contributed by atoms with van der Waals surface area (Å²) >= 11 is 5.96. The van der Waals surface area contributed by atoms with Crippen molar-refractivity contribution in [1.29, 1.82) is 5.26 Å². The Bertz CT molecular complexity index is 678. The SMILES string of the molecule is N#Cc1ccc(OCc2c(Cl)cccc2[N+](=O)[O-])cc1. The lowest BCUT2D eigenvalue weighted by Crippen LogP contribution is -2.01. The minimum atomic E-state index is -0.497. The number of benzene rings is 2. The van der Waals surface area contributed by atoms with E-state index in [1.807, 2.05) is 6.07 Å². The van der Waals surface area contributed by atoms with Gasteiger partial charge in [-0.05, 0) is 30.3 Å². The molecular weight excluding hydrogens is 280 g/mol. The number of halogens is 1. The van der Waals surface area contributed by atoms with E-state index in [1.54, 1.807) is 30.3 Å². The van der Waals surface area contributed by atoms with Crippen LogP contribution >= 0.6 is 11.6 Å². The van der Waals surface area contributed by atoms with Crippen molar-refractivity contribution in [2.75, 3.05) is 0 Å². The first-order valence-corrected chi connectivity index (χ1v) is 6.04. The maximum absolute atomic E-state index is 10.9. The van der Waals surface area contributed by atoms with Crippen LogP contribution in [0.3, 0.4) is 0 Å². The van der Waals surface area contributed by atoms with Gasteiger partial charge in [0.25, 0.3) is 5.69 Å². The van der Waals surface area contributed by atoms with Crippen LogP contribution in [0.25, 0.3) is 0 Å². The van der Waals surface area contributed by atoms with Crippen molar-refractivity contribution in [2.24, 2.45) is 0 Å². The maximum Gasteiger partial charge on any atom is 0.277 e. The number of nitro groups is 1. The molecule has 0 bridgehead atoms. The molecule has 0 saturated heterocycles. The zero-order chi connectivity index (χ0) is 14.5. The normalized spacial score (nSPS) is 9.80. The van der Waals surface area contributed by atoms with Gasteiger partial charge in [0.2, 0.25) is 0 Å². The molecule has 0 aliphatic heterocycles. The number of rotatable bonds is 4. The second kappa shape index (κ2) is 6.04. The van der Waals surface area contributed by atoms with Gasteiger partial charge in [0, 0.05) is 6.07 Å². The molecule has 20 heavy (non-hydrogen) atoms. The van der Waals surface area contributed by atoms with E-state index in [2.05, 4.69) is 0 Å². The van der Waals surface area contributed by atoms with Crippen LogP contribution in [0.1, 0.15) is 11.1 Å². The minimum Gasteiger partial charge on any atom is -0.489 e. The fourth-order valence-corrected chi connectivity index (χ4v) is 1.87. The van der Waals surface area contributed by atoms with E-state index < -0.39 is 4.92 Å². The highest BCUT2D eigenvalue weighted by Gasteiger charge is 2.16. The van der Waals surface area contributed by atoms with Crippen molar-refractivity contribution in [3.63, 3.8) is 0 Å². The van der Waals surface area contributed by atoms with Crippen LogP contribution < -0.4 is 4.74 Å². The molecule has 0 atom stereocenters. The number of nitrogens with zero attached hydrogens (tertiary/aromatic N) is 2. The lowest BCUT2D eigenvalue weighted by Gasteiger charge is -2.08. The summed E-state index contributed by atoms with van der Waals surface area (Å²) in [4.78, 5) is 10.4. The first-order chi connectivity index (χ1) is 9.61. The van der Waals surface area contributed by atoms with E-state index in [-0.39, 0.29) is 17.3 Å². The van der Waals surface area contributed by atoms with E-state index in [1.165, 1.54) is 12.1 Å². The molecule has 0 heterocycles.